The molecule has 530 valence electrons. The Hall–Kier alpha value is -2.90. The fraction of sp³-hybridized carbons (Fsp3) is 0.825. The minimum absolute atomic E-state index is 0.124. The predicted octanol–water partition coefficient (Wildman–Crippen LogP) is 20.6. The zero-order valence-electron chi connectivity index (χ0n) is 59.2. The highest BCUT2D eigenvalue weighted by Gasteiger charge is 2.47. The van der Waals surface area contributed by atoms with Gasteiger partial charge in [0, 0.05) is 6.42 Å². The van der Waals surface area contributed by atoms with Gasteiger partial charge in [0.25, 0.3) is 0 Å². The summed E-state index contributed by atoms with van der Waals surface area (Å²) in [5.74, 6) is -1.19. The van der Waals surface area contributed by atoms with Gasteiger partial charge in [-0.1, -0.05) is 331 Å². The Kier molecular flexibility index (Phi) is 63.5. The molecule has 8 atom stereocenters. The van der Waals surface area contributed by atoms with E-state index < -0.39 is 67.4 Å². The summed E-state index contributed by atoms with van der Waals surface area (Å²) < 4.78 is 17.7. The van der Waals surface area contributed by atoms with Gasteiger partial charge < -0.3 is 45.1 Å². The van der Waals surface area contributed by atoms with Gasteiger partial charge in [-0.05, 0) is 96.3 Å². The van der Waals surface area contributed by atoms with Crippen LogP contribution in [0.2, 0.25) is 0 Å². The summed E-state index contributed by atoms with van der Waals surface area (Å²) in [5, 5.41) is 57.4. The van der Waals surface area contributed by atoms with Crippen LogP contribution in [0.3, 0.4) is 0 Å². The normalized spacial score (nSPS) is 18.4. The lowest BCUT2D eigenvalue weighted by Crippen LogP contribution is -2.61. The van der Waals surface area contributed by atoms with Crippen molar-refractivity contribution in [3.05, 3.63) is 72.9 Å². The highest BCUT2D eigenvalue weighted by Crippen LogP contribution is 2.27. The molecule has 0 aliphatic carbocycles. The number of carbonyl (C=O) groups excluding carboxylic acids is 2. The van der Waals surface area contributed by atoms with Crippen molar-refractivity contribution in [2.75, 3.05) is 13.2 Å². The number of ether oxygens (including phenoxy) is 3. The number of aliphatic hydroxyl groups is 5. The van der Waals surface area contributed by atoms with E-state index in [1.165, 1.54) is 231 Å². The second-order valence-corrected chi connectivity index (χ2v) is 26.7. The quantitative estimate of drug-likeness (QED) is 0.0195. The van der Waals surface area contributed by atoms with Crippen molar-refractivity contribution in [3.63, 3.8) is 0 Å². The van der Waals surface area contributed by atoms with Crippen molar-refractivity contribution < 1.29 is 49.3 Å². The Bertz CT molecular complexity index is 1760. The average molecular weight is 1280 g/mol. The summed E-state index contributed by atoms with van der Waals surface area (Å²) in [6.07, 6.45) is 78.0. The number of rotatable bonds is 67. The highest BCUT2D eigenvalue weighted by molar-refractivity contribution is 5.80. The van der Waals surface area contributed by atoms with Gasteiger partial charge in [-0.3, -0.25) is 9.59 Å². The van der Waals surface area contributed by atoms with Crippen molar-refractivity contribution in [1.82, 2.24) is 5.32 Å². The van der Waals surface area contributed by atoms with Crippen LogP contribution in [0.1, 0.15) is 361 Å². The lowest BCUT2D eigenvalue weighted by atomic mass is 9.99. The molecule has 11 nitrogen and oxygen atoms in total. The van der Waals surface area contributed by atoms with Crippen molar-refractivity contribution in [2.45, 2.75) is 410 Å². The van der Waals surface area contributed by atoms with Crippen molar-refractivity contribution >= 4 is 11.9 Å². The molecule has 1 aliphatic heterocycles. The molecule has 0 aromatic carbocycles. The summed E-state index contributed by atoms with van der Waals surface area (Å²) in [6, 6.07) is -1.03. The molecule has 1 saturated heterocycles. The maximum atomic E-state index is 13.5. The van der Waals surface area contributed by atoms with Gasteiger partial charge in [0.15, 0.2) is 12.4 Å². The molecule has 1 fully saturated rings. The van der Waals surface area contributed by atoms with E-state index in [0.717, 1.165) is 83.5 Å². The molecule has 6 N–H and O–H groups in total. The largest absolute Gasteiger partial charge is 0.454 e. The molecule has 91 heavy (non-hydrogen) atoms. The number of unbranched alkanes of at least 4 members (excludes halogenated alkanes) is 43. The number of hydrogen-bond donors (Lipinski definition) is 6. The lowest BCUT2D eigenvalue weighted by molar-refractivity contribution is -0.305. The Labute approximate surface area is 560 Å². The minimum atomic E-state index is -1.62. The second kappa shape index (κ2) is 67.1. The third kappa shape index (κ3) is 54.0. The molecule has 1 heterocycles. The van der Waals surface area contributed by atoms with E-state index in [-0.39, 0.29) is 19.4 Å². The minimum Gasteiger partial charge on any atom is -0.454 e. The van der Waals surface area contributed by atoms with Gasteiger partial charge >= 0.3 is 5.97 Å². The highest BCUT2D eigenvalue weighted by atomic mass is 16.7. The van der Waals surface area contributed by atoms with Crippen molar-refractivity contribution in [2.24, 2.45) is 0 Å². The topological polar surface area (TPSA) is 175 Å². The van der Waals surface area contributed by atoms with Crippen molar-refractivity contribution in [3.8, 4) is 0 Å². The molecule has 0 aromatic rings. The van der Waals surface area contributed by atoms with Crippen LogP contribution in [0.5, 0.6) is 0 Å². The summed E-state index contributed by atoms with van der Waals surface area (Å²) in [4.78, 5) is 26.8. The van der Waals surface area contributed by atoms with Crippen LogP contribution in [0.15, 0.2) is 72.9 Å². The van der Waals surface area contributed by atoms with Crippen LogP contribution in [0.25, 0.3) is 0 Å². The molecular weight excluding hydrogens is 1130 g/mol. The smallest absolute Gasteiger partial charge is 0.306 e. The van der Waals surface area contributed by atoms with E-state index in [1.807, 2.05) is 6.08 Å². The monoisotopic (exact) mass is 1280 g/mol. The van der Waals surface area contributed by atoms with Crippen molar-refractivity contribution in [1.29, 1.82) is 0 Å². The van der Waals surface area contributed by atoms with Gasteiger partial charge in [-0.15, -0.1) is 0 Å². The maximum Gasteiger partial charge on any atom is 0.306 e. The predicted molar refractivity (Wildman–Crippen MR) is 384 cm³/mol. The van der Waals surface area contributed by atoms with Gasteiger partial charge in [-0.25, -0.2) is 0 Å². The molecule has 1 aliphatic rings. The van der Waals surface area contributed by atoms with Crippen LogP contribution in [0.4, 0.5) is 0 Å². The standard InChI is InChI=1S/C80H145NO10/c1-4-7-10-13-16-19-22-25-27-29-31-33-35-36-37-39-40-42-44-46-49-52-55-58-61-64-67-73(84)79(88)81-71(72(83)66-63-60-57-54-51-48-24-21-18-15-12-9-6-3)70-89-80-78(77(87)76(86)74(69-82)90-80)91-75(85)68-65-62-59-56-53-50-47-45-43-41-38-34-32-30-28-26-23-20-17-14-11-8-5-2/h16,19,25-28,31,33,36-37,63,66,71-74,76-78,80,82-84,86-87H,4-15,17-18,20-24,29-30,32,34-35,38-62,64-65,67-70H2,1-3H3,(H,81,88)/b19-16-,27-25-,28-26+,33-31-,37-36-,66-63+. The van der Waals surface area contributed by atoms with E-state index in [1.54, 1.807) is 6.08 Å². The van der Waals surface area contributed by atoms with E-state index in [2.05, 4.69) is 86.8 Å². The van der Waals surface area contributed by atoms with Crippen LogP contribution in [-0.2, 0) is 23.8 Å². The maximum absolute atomic E-state index is 13.5. The Morgan fingerprint density at radius 1 is 0.429 bits per heavy atom. The average Bonchev–Trinajstić information content (AvgIpc) is 0.969. The second-order valence-electron chi connectivity index (χ2n) is 26.7. The van der Waals surface area contributed by atoms with Crippen LogP contribution < -0.4 is 5.32 Å². The first-order valence-electron chi connectivity index (χ1n) is 38.7. The van der Waals surface area contributed by atoms with Gasteiger partial charge in [-0.2, -0.15) is 0 Å². The summed E-state index contributed by atoms with van der Waals surface area (Å²) in [5.41, 5.74) is 0. The SMILES string of the molecule is CCCCC/C=C\C/C=C\C/C=C\C/C=C\CCCCCCCCCCCCC(O)C(=O)NC(COC1OC(CO)C(O)C(O)C1OC(=O)CCCCCCCCCCCCCCC/C=C/CCCCCCCC)C(O)/C=C/CCCCCCCCCCCCC. The number of amides is 1. The fourth-order valence-electron chi connectivity index (χ4n) is 12.0. The Morgan fingerprint density at radius 3 is 1.16 bits per heavy atom. The van der Waals surface area contributed by atoms with E-state index in [9.17, 15) is 35.1 Å². The third-order valence-corrected chi connectivity index (χ3v) is 18.1. The number of aliphatic hydroxyl groups excluding tert-OH is 5. The summed E-state index contributed by atoms with van der Waals surface area (Å²) in [7, 11) is 0. The summed E-state index contributed by atoms with van der Waals surface area (Å²) >= 11 is 0. The number of hydrogen-bond acceptors (Lipinski definition) is 10. The molecule has 1 amide bonds. The molecule has 0 bridgehead atoms. The summed E-state index contributed by atoms with van der Waals surface area (Å²) in [6.45, 7) is 5.81. The van der Waals surface area contributed by atoms with E-state index >= 15 is 0 Å². The molecule has 0 aromatic heterocycles. The number of nitrogens with one attached hydrogen (secondary N) is 1. The number of esters is 1. The first-order valence-corrected chi connectivity index (χ1v) is 38.7. The zero-order valence-corrected chi connectivity index (χ0v) is 59.2. The Balaban J connectivity index is 2.54. The lowest BCUT2D eigenvalue weighted by Gasteiger charge is -2.41. The molecule has 8 unspecified atom stereocenters. The van der Waals surface area contributed by atoms with Crippen LogP contribution >= 0.6 is 0 Å². The first kappa shape index (κ1) is 86.1. The van der Waals surface area contributed by atoms with E-state index in [0.29, 0.717) is 12.8 Å². The van der Waals surface area contributed by atoms with Gasteiger partial charge in [0.05, 0.1) is 25.4 Å². The Morgan fingerprint density at radius 2 is 0.758 bits per heavy atom. The molecule has 1 rings (SSSR count). The van der Waals surface area contributed by atoms with Crippen LogP contribution in [0, 0.1) is 0 Å². The molecule has 0 radical (unpaired) electrons. The number of carbonyl (C=O) groups is 2. The van der Waals surface area contributed by atoms with Gasteiger partial charge in [0.1, 0.15) is 24.4 Å². The molecular formula is C80H145NO10. The van der Waals surface area contributed by atoms with Gasteiger partial charge in [0.2, 0.25) is 5.91 Å². The van der Waals surface area contributed by atoms with Crippen LogP contribution in [-0.4, -0.2) is 99.6 Å². The number of allylic oxidation sites excluding steroid dienone is 11. The molecule has 0 saturated carbocycles. The molecule has 11 heteroatoms. The molecule has 0 spiro atoms. The fourth-order valence-corrected chi connectivity index (χ4v) is 12.0. The zero-order chi connectivity index (χ0) is 66.0. The first-order chi connectivity index (χ1) is 44.7. The third-order valence-electron chi connectivity index (χ3n) is 18.1. The van der Waals surface area contributed by atoms with E-state index in [4.69, 9.17) is 14.2 Å².